The number of benzene rings is 2. The molecule has 6 nitrogen and oxygen atoms in total. The molecule has 0 radical (unpaired) electrons. The smallest absolute Gasteiger partial charge is 0.258 e. The molecule has 0 aromatic heterocycles. The van der Waals surface area contributed by atoms with Crippen LogP contribution in [0.5, 0.6) is 5.75 Å². The lowest BCUT2D eigenvalue weighted by Crippen LogP contribution is -2.37. The van der Waals surface area contributed by atoms with Gasteiger partial charge in [-0.25, -0.2) is 8.42 Å². The number of para-hydroxylation sites is 2. The van der Waals surface area contributed by atoms with Crippen molar-refractivity contribution in [2.45, 2.75) is 6.92 Å². The van der Waals surface area contributed by atoms with Crippen LogP contribution < -0.4 is 14.4 Å². The second-order valence-corrected chi connectivity index (χ2v) is 7.37. The number of hydrogen-bond donors (Lipinski definition) is 1. The van der Waals surface area contributed by atoms with Crippen molar-refractivity contribution in [3.63, 3.8) is 0 Å². The molecule has 0 unspecified atom stereocenters. The summed E-state index contributed by atoms with van der Waals surface area (Å²) in [6.07, 6.45) is 0. The van der Waals surface area contributed by atoms with Crippen LogP contribution in [0.2, 0.25) is 0 Å². The van der Waals surface area contributed by atoms with E-state index in [9.17, 15) is 13.2 Å². The van der Waals surface area contributed by atoms with E-state index in [4.69, 9.17) is 4.74 Å². The van der Waals surface area contributed by atoms with Crippen molar-refractivity contribution in [2.24, 2.45) is 0 Å². The maximum Gasteiger partial charge on any atom is 0.258 e. The molecule has 1 amide bonds. The number of nitrogens with zero attached hydrogens (tertiary/aromatic N) is 1. The van der Waals surface area contributed by atoms with Gasteiger partial charge in [-0.2, -0.15) is 0 Å². The Bertz CT molecular complexity index is 864. The fourth-order valence-electron chi connectivity index (χ4n) is 2.50. The van der Waals surface area contributed by atoms with E-state index in [1.807, 2.05) is 24.3 Å². The molecule has 0 spiro atoms. The highest BCUT2D eigenvalue weighted by atomic mass is 32.2. The molecule has 0 bridgehead atoms. The van der Waals surface area contributed by atoms with Gasteiger partial charge < -0.3 is 9.64 Å². The lowest BCUT2D eigenvalue weighted by atomic mass is 10.1. The summed E-state index contributed by atoms with van der Waals surface area (Å²) < 4.78 is 31.4. The predicted octanol–water partition coefficient (Wildman–Crippen LogP) is 2.49. The second-order valence-electron chi connectivity index (χ2n) is 5.36. The summed E-state index contributed by atoms with van der Waals surface area (Å²) in [7, 11) is -3.38. The number of carbonyl (C=O) groups excluding carboxylic acids is 1. The van der Waals surface area contributed by atoms with Gasteiger partial charge in [-0.1, -0.05) is 18.2 Å². The molecule has 7 heteroatoms. The van der Waals surface area contributed by atoms with Gasteiger partial charge in [0.25, 0.3) is 5.91 Å². The molecule has 126 valence electrons. The van der Waals surface area contributed by atoms with Crippen LogP contribution >= 0.6 is 0 Å². The molecule has 0 fully saturated rings. The standard InChI is InChI=1S/C17H18N2O4S/c1-2-24(21,22)18-14-7-5-6-13(12-14)17(20)19-10-11-23-16-9-4-3-8-15(16)19/h3-9,12,18H,2,10-11H2,1H3. The molecule has 0 saturated carbocycles. The zero-order valence-corrected chi connectivity index (χ0v) is 14.0. The molecular formula is C17H18N2O4S. The third-order valence-electron chi connectivity index (χ3n) is 3.74. The molecule has 1 aliphatic heterocycles. The Morgan fingerprint density at radius 2 is 2.00 bits per heavy atom. The van der Waals surface area contributed by atoms with Gasteiger partial charge in [0.15, 0.2) is 0 Å². The average Bonchev–Trinajstić information content (AvgIpc) is 2.60. The molecule has 0 saturated heterocycles. The highest BCUT2D eigenvalue weighted by Crippen LogP contribution is 2.32. The van der Waals surface area contributed by atoms with E-state index in [2.05, 4.69) is 4.72 Å². The summed E-state index contributed by atoms with van der Waals surface area (Å²) in [5.41, 5.74) is 1.51. The van der Waals surface area contributed by atoms with E-state index in [0.29, 0.717) is 35.8 Å². The first-order valence-electron chi connectivity index (χ1n) is 7.64. The Hall–Kier alpha value is -2.54. The molecule has 2 aromatic carbocycles. The Balaban J connectivity index is 1.89. The number of amides is 1. The van der Waals surface area contributed by atoms with Crippen molar-refractivity contribution in [3.05, 3.63) is 54.1 Å². The van der Waals surface area contributed by atoms with Crippen molar-refractivity contribution in [1.82, 2.24) is 0 Å². The van der Waals surface area contributed by atoms with Crippen LogP contribution in [-0.4, -0.2) is 33.2 Å². The molecule has 2 aromatic rings. The maximum absolute atomic E-state index is 12.8. The summed E-state index contributed by atoms with van der Waals surface area (Å²) in [6.45, 7) is 2.42. The number of sulfonamides is 1. The lowest BCUT2D eigenvalue weighted by Gasteiger charge is -2.29. The third kappa shape index (κ3) is 3.35. The normalized spacial score (nSPS) is 13.8. The van der Waals surface area contributed by atoms with Crippen molar-refractivity contribution >= 4 is 27.3 Å². The number of nitrogens with one attached hydrogen (secondary N) is 1. The van der Waals surface area contributed by atoms with Gasteiger partial charge in [0.2, 0.25) is 10.0 Å². The summed E-state index contributed by atoms with van der Waals surface area (Å²) in [6, 6.07) is 13.9. The van der Waals surface area contributed by atoms with Crippen molar-refractivity contribution in [2.75, 3.05) is 28.5 Å². The predicted molar refractivity (Wildman–Crippen MR) is 93.1 cm³/mol. The van der Waals surface area contributed by atoms with E-state index >= 15 is 0 Å². The van der Waals surface area contributed by atoms with E-state index in [1.54, 1.807) is 36.1 Å². The molecule has 24 heavy (non-hydrogen) atoms. The van der Waals surface area contributed by atoms with E-state index in [0.717, 1.165) is 0 Å². The van der Waals surface area contributed by atoms with Gasteiger partial charge in [0, 0.05) is 11.3 Å². The summed E-state index contributed by atoms with van der Waals surface area (Å²) in [5, 5.41) is 0. The third-order valence-corrected chi connectivity index (χ3v) is 5.04. The van der Waals surface area contributed by atoms with Crippen LogP contribution in [0.15, 0.2) is 48.5 Å². The molecule has 3 rings (SSSR count). The van der Waals surface area contributed by atoms with Crippen LogP contribution in [0.25, 0.3) is 0 Å². The van der Waals surface area contributed by atoms with Crippen LogP contribution in [0.3, 0.4) is 0 Å². The van der Waals surface area contributed by atoms with Gasteiger partial charge >= 0.3 is 0 Å². The SMILES string of the molecule is CCS(=O)(=O)Nc1cccc(C(=O)N2CCOc3ccccc32)c1. The van der Waals surface area contributed by atoms with Crippen LogP contribution in [0.4, 0.5) is 11.4 Å². The van der Waals surface area contributed by atoms with Crippen LogP contribution in [0, 0.1) is 0 Å². The van der Waals surface area contributed by atoms with Crippen LogP contribution in [0.1, 0.15) is 17.3 Å². The van der Waals surface area contributed by atoms with Gasteiger partial charge in [0.1, 0.15) is 12.4 Å². The Kier molecular flexibility index (Phi) is 4.44. The Morgan fingerprint density at radius 3 is 2.79 bits per heavy atom. The zero-order valence-electron chi connectivity index (χ0n) is 13.2. The number of carbonyl (C=O) groups is 1. The van der Waals surface area contributed by atoms with Crippen molar-refractivity contribution < 1.29 is 17.9 Å². The molecule has 1 aliphatic rings. The molecule has 0 aliphatic carbocycles. The zero-order chi connectivity index (χ0) is 17.2. The van der Waals surface area contributed by atoms with Crippen LogP contribution in [-0.2, 0) is 10.0 Å². The molecular weight excluding hydrogens is 328 g/mol. The van der Waals surface area contributed by atoms with E-state index < -0.39 is 10.0 Å². The van der Waals surface area contributed by atoms with Gasteiger partial charge in [-0.3, -0.25) is 9.52 Å². The van der Waals surface area contributed by atoms with Crippen molar-refractivity contribution in [3.8, 4) is 5.75 Å². The number of rotatable bonds is 4. The topological polar surface area (TPSA) is 75.7 Å². The summed E-state index contributed by atoms with van der Waals surface area (Å²) in [4.78, 5) is 14.5. The Labute approximate surface area is 141 Å². The molecule has 1 N–H and O–H groups in total. The first kappa shape index (κ1) is 16.3. The molecule has 1 heterocycles. The van der Waals surface area contributed by atoms with Gasteiger partial charge in [-0.05, 0) is 37.3 Å². The first-order chi connectivity index (χ1) is 11.5. The average molecular weight is 346 g/mol. The monoisotopic (exact) mass is 346 g/mol. The number of anilines is 2. The highest BCUT2D eigenvalue weighted by molar-refractivity contribution is 7.92. The Morgan fingerprint density at radius 1 is 1.21 bits per heavy atom. The number of ether oxygens (including phenoxy) is 1. The fourth-order valence-corrected chi connectivity index (χ4v) is 3.13. The summed E-state index contributed by atoms with van der Waals surface area (Å²) in [5.74, 6) is 0.449. The number of fused-ring (bicyclic) bond motifs is 1. The lowest BCUT2D eigenvalue weighted by molar-refractivity contribution is 0.0976. The quantitative estimate of drug-likeness (QED) is 0.923. The summed E-state index contributed by atoms with van der Waals surface area (Å²) >= 11 is 0. The van der Waals surface area contributed by atoms with Crippen molar-refractivity contribution in [1.29, 1.82) is 0 Å². The largest absolute Gasteiger partial charge is 0.490 e. The maximum atomic E-state index is 12.8. The minimum atomic E-state index is -3.38. The minimum absolute atomic E-state index is 0.0258. The van der Waals surface area contributed by atoms with Gasteiger partial charge in [-0.15, -0.1) is 0 Å². The van der Waals surface area contributed by atoms with Gasteiger partial charge in [0.05, 0.1) is 18.0 Å². The first-order valence-corrected chi connectivity index (χ1v) is 9.29. The minimum Gasteiger partial charge on any atom is -0.490 e. The highest BCUT2D eigenvalue weighted by Gasteiger charge is 2.24. The van der Waals surface area contributed by atoms with E-state index in [-0.39, 0.29) is 11.7 Å². The molecule has 0 atom stereocenters. The van der Waals surface area contributed by atoms with E-state index in [1.165, 1.54) is 0 Å². The number of hydrogen-bond acceptors (Lipinski definition) is 4. The second kappa shape index (κ2) is 6.52. The fraction of sp³-hybridized carbons (Fsp3) is 0.235.